The van der Waals surface area contributed by atoms with Crippen molar-refractivity contribution in [2.24, 2.45) is 0 Å². The van der Waals surface area contributed by atoms with Crippen LogP contribution in [0.3, 0.4) is 0 Å². The van der Waals surface area contributed by atoms with Crippen molar-refractivity contribution >= 4 is 5.97 Å². The number of carbonyl (C=O) groups is 1. The van der Waals surface area contributed by atoms with Gasteiger partial charge in [-0.1, -0.05) is 12.1 Å². The standard InChI is InChI=1S/C15H12N2O4/c16-7-9-21-13-2-1-8-17(14(13)18)10-11-3-5-12(6-4-11)15(19)20/h1-6,8H,9-10H2,(H,19,20). The highest BCUT2D eigenvalue weighted by molar-refractivity contribution is 5.87. The van der Waals surface area contributed by atoms with E-state index in [0.717, 1.165) is 5.56 Å². The number of aromatic nitrogens is 1. The van der Waals surface area contributed by atoms with Crippen LogP contribution in [0.15, 0.2) is 47.4 Å². The second-order valence-electron chi connectivity index (χ2n) is 4.25. The van der Waals surface area contributed by atoms with Crippen molar-refractivity contribution in [3.05, 3.63) is 64.1 Å². The molecule has 6 nitrogen and oxygen atoms in total. The molecule has 0 radical (unpaired) electrons. The van der Waals surface area contributed by atoms with Gasteiger partial charge in [0.1, 0.15) is 6.07 Å². The van der Waals surface area contributed by atoms with Crippen LogP contribution in [0.1, 0.15) is 15.9 Å². The van der Waals surface area contributed by atoms with Crippen LogP contribution >= 0.6 is 0 Å². The van der Waals surface area contributed by atoms with E-state index >= 15 is 0 Å². The van der Waals surface area contributed by atoms with Gasteiger partial charge in [-0.3, -0.25) is 4.79 Å². The first-order valence-electron chi connectivity index (χ1n) is 6.13. The molecule has 2 aromatic rings. The maximum Gasteiger partial charge on any atom is 0.335 e. The molecule has 1 aromatic carbocycles. The molecular formula is C15H12N2O4. The van der Waals surface area contributed by atoms with Crippen molar-refractivity contribution in [2.45, 2.75) is 6.54 Å². The minimum absolute atomic E-state index is 0.112. The molecule has 106 valence electrons. The third-order valence-corrected chi connectivity index (χ3v) is 2.83. The van der Waals surface area contributed by atoms with Crippen LogP contribution in [0, 0.1) is 11.3 Å². The van der Waals surface area contributed by atoms with Crippen molar-refractivity contribution in [2.75, 3.05) is 6.61 Å². The number of aromatic carboxylic acids is 1. The fourth-order valence-corrected chi connectivity index (χ4v) is 1.81. The molecule has 0 aliphatic heterocycles. The van der Waals surface area contributed by atoms with E-state index in [0.29, 0.717) is 6.54 Å². The average Bonchev–Trinajstić information content (AvgIpc) is 2.49. The van der Waals surface area contributed by atoms with Crippen molar-refractivity contribution in [3.8, 4) is 11.8 Å². The number of ether oxygens (including phenoxy) is 1. The minimum Gasteiger partial charge on any atom is -0.478 e. The summed E-state index contributed by atoms with van der Waals surface area (Å²) in [5.41, 5.74) is 0.645. The van der Waals surface area contributed by atoms with E-state index in [2.05, 4.69) is 0 Å². The first-order chi connectivity index (χ1) is 10.1. The van der Waals surface area contributed by atoms with E-state index < -0.39 is 5.97 Å². The molecule has 6 heteroatoms. The molecule has 0 atom stereocenters. The lowest BCUT2D eigenvalue weighted by Gasteiger charge is -2.08. The summed E-state index contributed by atoms with van der Waals surface area (Å²) in [7, 11) is 0. The molecule has 1 aromatic heterocycles. The summed E-state index contributed by atoms with van der Waals surface area (Å²) in [5.74, 6) is -0.883. The summed E-state index contributed by atoms with van der Waals surface area (Å²) in [6.07, 6.45) is 1.60. The highest BCUT2D eigenvalue weighted by Gasteiger charge is 2.06. The second kappa shape index (κ2) is 6.39. The number of hydrogen-bond acceptors (Lipinski definition) is 4. The highest BCUT2D eigenvalue weighted by Crippen LogP contribution is 2.07. The molecule has 0 amide bonds. The molecule has 0 spiro atoms. The first kappa shape index (κ1) is 14.3. The van der Waals surface area contributed by atoms with E-state index in [1.165, 1.54) is 22.8 Å². The number of carboxylic acids is 1. The maximum atomic E-state index is 12.1. The van der Waals surface area contributed by atoms with E-state index in [1.54, 1.807) is 30.5 Å². The molecule has 0 aliphatic carbocycles. The Morgan fingerprint density at radius 3 is 2.62 bits per heavy atom. The van der Waals surface area contributed by atoms with Crippen LogP contribution in [0.4, 0.5) is 0 Å². The Hall–Kier alpha value is -3.07. The number of benzene rings is 1. The van der Waals surface area contributed by atoms with Crippen LogP contribution in [0.5, 0.6) is 5.75 Å². The Morgan fingerprint density at radius 1 is 1.29 bits per heavy atom. The Morgan fingerprint density at radius 2 is 2.00 bits per heavy atom. The van der Waals surface area contributed by atoms with E-state index in [9.17, 15) is 9.59 Å². The Balaban J connectivity index is 2.21. The lowest BCUT2D eigenvalue weighted by atomic mass is 10.1. The van der Waals surface area contributed by atoms with Gasteiger partial charge in [-0.05, 0) is 29.8 Å². The largest absolute Gasteiger partial charge is 0.478 e. The number of nitriles is 1. The molecule has 0 bridgehead atoms. The van der Waals surface area contributed by atoms with Gasteiger partial charge < -0.3 is 14.4 Å². The van der Waals surface area contributed by atoms with Gasteiger partial charge in [0, 0.05) is 6.20 Å². The summed E-state index contributed by atoms with van der Waals surface area (Å²) in [6.45, 7) is 0.106. The second-order valence-corrected chi connectivity index (χ2v) is 4.25. The van der Waals surface area contributed by atoms with Gasteiger partial charge >= 0.3 is 5.97 Å². The molecule has 0 aliphatic rings. The molecule has 2 rings (SSSR count). The zero-order valence-electron chi connectivity index (χ0n) is 11.0. The van der Waals surface area contributed by atoms with Crippen LogP contribution in [-0.4, -0.2) is 22.2 Å². The molecular weight excluding hydrogens is 272 g/mol. The molecule has 1 heterocycles. The fourth-order valence-electron chi connectivity index (χ4n) is 1.81. The van der Waals surface area contributed by atoms with E-state index in [4.69, 9.17) is 15.1 Å². The summed E-state index contributed by atoms with van der Waals surface area (Å²) in [5, 5.41) is 17.3. The molecule has 0 fully saturated rings. The zero-order valence-corrected chi connectivity index (χ0v) is 11.0. The van der Waals surface area contributed by atoms with Crippen molar-refractivity contribution in [1.82, 2.24) is 4.57 Å². The van der Waals surface area contributed by atoms with Gasteiger partial charge in [-0.25, -0.2) is 4.79 Å². The van der Waals surface area contributed by atoms with E-state index in [-0.39, 0.29) is 23.5 Å². The summed E-state index contributed by atoms with van der Waals surface area (Å²) >= 11 is 0. The quantitative estimate of drug-likeness (QED) is 0.898. The fraction of sp³-hybridized carbons (Fsp3) is 0.133. The predicted molar refractivity (Wildman–Crippen MR) is 74.3 cm³/mol. The number of pyridine rings is 1. The lowest BCUT2D eigenvalue weighted by molar-refractivity contribution is 0.0697. The SMILES string of the molecule is N#CCOc1cccn(Cc2ccc(C(=O)O)cc2)c1=O. The molecule has 0 saturated carbocycles. The predicted octanol–water partition coefficient (Wildman–Crippen LogP) is 1.50. The lowest BCUT2D eigenvalue weighted by Crippen LogP contribution is -2.21. The molecule has 1 N–H and O–H groups in total. The number of carboxylic acid groups (broad SMARTS) is 1. The maximum absolute atomic E-state index is 12.1. The molecule has 21 heavy (non-hydrogen) atoms. The van der Waals surface area contributed by atoms with Crippen molar-refractivity contribution in [3.63, 3.8) is 0 Å². The normalized spacial score (nSPS) is 9.86. The Kier molecular flexibility index (Phi) is 4.36. The monoisotopic (exact) mass is 284 g/mol. The van der Waals surface area contributed by atoms with E-state index in [1.807, 2.05) is 0 Å². The van der Waals surface area contributed by atoms with Crippen molar-refractivity contribution in [1.29, 1.82) is 5.26 Å². The third-order valence-electron chi connectivity index (χ3n) is 2.83. The minimum atomic E-state index is -0.995. The summed E-state index contributed by atoms with van der Waals surface area (Å²) in [6, 6.07) is 11.2. The number of rotatable bonds is 5. The van der Waals surface area contributed by atoms with Gasteiger partial charge in [0.05, 0.1) is 12.1 Å². The average molecular weight is 284 g/mol. The van der Waals surface area contributed by atoms with Gasteiger partial charge in [0.25, 0.3) is 5.56 Å². The van der Waals surface area contributed by atoms with Gasteiger partial charge in [-0.2, -0.15) is 5.26 Å². The Bertz CT molecular complexity index is 742. The van der Waals surface area contributed by atoms with Crippen LogP contribution in [0.2, 0.25) is 0 Å². The van der Waals surface area contributed by atoms with Crippen LogP contribution in [-0.2, 0) is 6.54 Å². The number of hydrogen-bond donors (Lipinski definition) is 1. The summed E-state index contributed by atoms with van der Waals surface area (Å²) in [4.78, 5) is 22.9. The summed E-state index contributed by atoms with van der Waals surface area (Å²) < 4.78 is 6.48. The first-order valence-corrected chi connectivity index (χ1v) is 6.13. The number of nitrogens with zero attached hydrogens (tertiary/aromatic N) is 2. The smallest absolute Gasteiger partial charge is 0.335 e. The molecule has 0 unspecified atom stereocenters. The zero-order chi connectivity index (χ0) is 15.2. The topological polar surface area (TPSA) is 92.3 Å². The van der Waals surface area contributed by atoms with Gasteiger partial charge in [0.2, 0.25) is 0 Å². The third kappa shape index (κ3) is 3.48. The Labute approximate surface area is 120 Å². The van der Waals surface area contributed by atoms with Gasteiger partial charge in [-0.15, -0.1) is 0 Å². The van der Waals surface area contributed by atoms with Crippen LogP contribution < -0.4 is 10.3 Å². The van der Waals surface area contributed by atoms with Crippen LogP contribution in [0.25, 0.3) is 0 Å². The van der Waals surface area contributed by atoms with Crippen molar-refractivity contribution < 1.29 is 14.6 Å². The van der Waals surface area contributed by atoms with Gasteiger partial charge in [0.15, 0.2) is 12.4 Å². The highest BCUT2D eigenvalue weighted by atomic mass is 16.5. The molecule has 0 saturated heterocycles.